The SMILES string of the molecule is O=C(CC(F)(F)F)N1CCN(Cc2ccnc(Cc3nc4ccc(-c5cc(OCC6(C(F)(F)F)CC6)ncn5)cc4[nH]3)c2)CC1. The zero-order chi connectivity index (χ0) is 31.8. The molecule has 0 unspecified atom stereocenters. The average Bonchev–Trinajstić information content (AvgIpc) is 3.69. The van der Waals surface area contributed by atoms with E-state index in [-0.39, 0.29) is 31.8 Å². The molecule has 238 valence electrons. The number of carbonyl (C=O) groups is 1. The predicted molar refractivity (Wildman–Crippen MR) is 150 cm³/mol. The number of fused-ring (bicyclic) bond motifs is 1. The molecule has 3 aromatic heterocycles. The number of aromatic nitrogens is 5. The third-order valence-corrected chi connectivity index (χ3v) is 8.13. The molecule has 6 rings (SSSR count). The first kappa shape index (κ1) is 30.7. The van der Waals surface area contributed by atoms with Crippen LogP contribution in [0.4, 0.5) is 26.3 Å². The number of pyridine rings is 1. The summed E-state index contributed by atoms with van der Waals surface area (Å²) in [6.45, 7) is 1.53. The molecule has 1 N–H and O–H groups in total. The molecule has 1 aliphatic carbocycles. The number of hydrogen-bond donors (Lipinski definition) is 1. The maximum atomic E-state index is 13.3. The molecule has 15 heteroatoms. The Kier molecular flexibility index (Phi) is 8.14. The molecule has 45 heavy (non-hydrogen) atoms. The number of carbonyl (C=O) groups excluding carboxylic acids is 1. The zero-order valence-corrected chi connectivity index (χ0v) is 24.0. The van der Waals surface area contributed by atoms with Gasteiger partial charge in [-0.1, -0.05) is 6.07 Å². The van der Waals surface area contributed by atoms with E-state index < -0.39 is 36.7 Å². The van der Waals surface area contributed by atoms with Gasteiger partial charge >= 0.3 is 12.4 Å². The van der Waals surface area contributed by atoms with Crippen molar-refractivity contribution in [2.45, 2.75) is 44.6 Å². The standard InChI is InChI=1S/C30H29F6N7O2/c31-29(32,33)15-27(44)43-9-7-42(8-10-43)16-19-3-6-37-21(11-19)13-25-40-22-2-1-20(12-24(22)41-25)23-14-26(39-18-38-23)45-17-28(4-5-28)30(34,35)36/h1-3,6,11-12,14,18H,4-5,7-10,13,15-17H2,(H,40,41). The monoisotopic (exact) mass is 633 g/mol. The van der Waals surface area contributed by atoms with Crippen LogP contribution < -0.4 is 4.74 Å². The van der Waals surface area contributed by atoms with Crippen molar-refractivity contribution in [3.63, 3.8) is 0 Å². The maximum Gasteiger partial charge on any atom is 0.397 e. The number of rotatable bonds is 9. The van der Waals surface area contributed by atoms with Crippen molar-refractivity contribution in [3.05, 3.63) is 66.0 Å². The number of nitrogens with zero attached hydrogens (tertiary/aromatic N) is 6. The first-order chi connectivity index (χ1) is 21.4. The van der Waals surface area contributed by atoms with E-state index in [9.17, 15) is 31.1 Å². The van der Waals surface area contributed by atoms with Crippen molar-refractivity contribution >= 4 is 16.9 Å². The van der Waals surface area contributed by atoms with E-state index in [1.807, 2.05) is 30.3 Å². The Morgan fingerprint density at radius 1 is 0.956 bits per heavy atom. The number of ether oxygens (including phenoxy) is 1. The molecule has 4 aromatic rings. The molecule has 0 radical (unpaired) electrons. The second kappa shape index (κ2) is 11.9. The summed E-state index contributed by atoms with van der Waals surface area (Å²) in [7, 11) is 0. The fraction of sp³-hybridized carbons (Fsp3) is 0.433. The fourth-order valence-corrected chi connectivity index (χ4v) is 5.35. The number of alkyl halides is 6. The molecule has 1 saturated heterocycles. The fourth-order valence-electron chi connectivity index (χ4n) is 5.35. The van der Waals surface area contributed by atoms with Crippen molar-refractivity contribution in [2.24, 2.45) is 5.41 Å². The molecule has 4 heterocycles. The van der Waals surface area contributed by atoms with Crippen LogP contribution in [-0.2, 0) is 17.8 Å². The van der Waals surface area contributed by atoms with Crippen LogP contribution in [0, 0.1) is 5.41 Å². The topological polar surface area (TPSA) is 100 Å². The smallest absolute Gasteiger partial charge is 0.397 e. The van der Waals surface area contributed by atoms with E-state index in [4.69, 9.17) is 4.74 Å². The summed E-state index contributed by atoms with van der Waals surface area (Å²) >= 11 is 0. The Labute approximate surface area is 253 Å². The molecule has 1 aliphatic heterocycles. The minimum absolute atomic E-state index is 0.0462. The minimum Gasteiger partial charge on any atom is -0.477 e. The highest BCUT2D eigenvalue weighted by atomic mass is 19.4. The molecule has 0 bridgehead atoms. The van der Waals surface area contributed by atoms with Gasteiger partial charge in [0.1, 0.15) is 30.6 Å². The van der Waals surface area contributed by atoms with Crippen LogP contribution >= 0.6 is 0 Å². The number of imidazole rings is 1. The molecule has 1 saturated carbocycles. The van der Waals surface area contributed by atoms with Crippen molar-refractivity contribution in [1.29, 1.82) is 0 Å². The Bertz CT molecular complexity index is 1680. The molecule has 2 fully saturated rings. The summed E-state index contributed by atoms with van der Waals surface area (Å²) in [4.78, 5) is 35.9. The molecule has 9 nitrogen and oxygen atoms in total. The number of hydrogen-bond acceptors (Lipinski definition) is 7. The first-order valence-electron chi connectivity index (χ1n) is 14.4. The maximum absolute atomic E-state index is 13.3. The van der Waals surface area contributed by atoms with Gasteiger partial charge in [0.05, 0.1) is 16.7 Å². The van der Waals surface area contributed by atoms with E-state index in [1.54, 1.807) is 6.20 Å². The lowest BCUT2D eigenvalue weighted by Gasteiger charge is -2.35. The van der Waals surface area contributed by atoms with E-state index >= 15 is 0 Å². The predicted octanol–water partition coefficient (Wildman–Crippen LogP) is 5.32. The van der Waals surface area contributed by atoms with E-state index in [2.05, 4.69) is 29.8 Å². The Morgan fingerprint density at radius 3 is 2.44 bits per heavy atom. The van der Waals surface area contributed by atoms with Crippen molar-refractivity contribution in [2.75, 3.05) is 32.8 Å². The minimum atomic E-state index is -4.51. The van der Waals surface area contributed by atoms with Crippen LogP contribution in [0.1, 0.15) is 36.3 Å². The third kappa shape index (κ3) is 7.35. The summed E-state index contributed by atoms with van der Waals surface area (Å²) in [5, 5.41) is 0. The van der Waals surface area contributed by atoms with E-state index in [0.29, 0.717) is 48.7 Å². The van der Waals surface area contributed by atoms with Crippen molar-refractivity contribution in [3.8, 4) is 17.1 Å². The quantitative estimate of drug-likeness (QED) is 0.249. The zero-order valence-electron chi connectivity index (χ0n) is 24.0. The summed E-state index contributed by atoms with van der Waals surface area (Å²) in [6.07, 6.45) is -6.79. The molecule has 0 atom stereocenters. The van der Waals surface area contributed by atoms with E-state index in [0.717, 1.165) is 16.8 Å². The van der Waals surface area contributed by atoms with Gasteiger partial charge in [-0.15, -0.1) is 0 Å². The number of H-pyrrole nitrogens is 1. The Balaban J connectivity index is 1.07. The summed E-state index contributed by atoms with van der Waals surface area (Å²) in [5.74, 6) is -0.144. The van der Waals surface area contributed by atoms with Gasteiger partial charge in [-0.05, 0) is 42.7 Å². The average molecular weight is 634 g/mol. The lowest BCUT2D eigenvalue weighted by molar-refractivity contribution is -0.194. The van der Waals surface area contributed by atoms with Gasteiger partial charge in [-0.2, -0.15) is 26.3 Å². The van der Waals surface area contributed by atoms with Gasteiger partial charge in [0.15, 0.2) is 0 Å². The molecular formula is C30H29F6N7O2. The number of piperazine rings is 1. The van der Waals surface area contributed by atoms with E-state index in [1.165, 1.54) is 17.3 Å². The third-order valence-electron chi connectivity index (χ3n) is 8.13. The first-order valence-corrected chi connectivity index (χ1v) is 14.4. The van der Waals surface area contributed by atoms with Gasteiger partial charge in [0.2, 0.25) is 11.8 Å². The molecule has 1 aromatic carbocycles. The van der Waals surface area contributed by atoms with Gasteiger partial charge in [0.25, 0.3) is 0 Å². The summed E-state index contributed by atoms with van der Waals surface area (Å²) in [5.41, 5.74) is 2.63. The normalized spacial score (nSPS) is 17.1. The van der Waals surface area contributed by atoms with Gasteiger partial charge in [-0.3, -0.25) is 14.7 Å². The number of halogens is 6. The molecular weight excluding hydrogens is 604 g/mol. The molecule has 1 amide bonds. The second-order valence-electron chi connectivity index (χ2n) is 11.5. The van der Waals surface area contributed by atoms with Crippen molar-refractivity contribution < 1.29 is 35.9 Å². The van der Waals surface area contributed by atoms with Gasteiger partial charge < -0.3 is 14.6 Å². The number of nitrogens with one attached hydrogen (secondary N) is 1. The highest BCUT2D eigenvalue weighted by Crippen LogP contribution is 2.57. The van der Waals surface area contributed by atoms with Crippen LogP contribution in [0.25, 0.3) is 22.3 Å². The molecule has 0 spiro atoms. The highest BCUT2D eigenvalue weighted by Gasteiger charge is 2.64. The van der Waals surface area contributed by atoms with Gasteiger partial charge in [-0.25, -0.2) is 15.0 Å². The van der Waals surface area contributed by atoms with Crippen LogP contribution in [0.3, 0.4) is 0 Å². The lowest BCUT2D eigenvalue weighted by Crippen LogP contribution is -2.49. The largest absolute Gasteiger partial charge is 0.477 e. The van der Waals surface area contributed by atoms with Crippen molar-refractivity contribution in [1.82, 2.24) is 34.7 Å². The van der Waals surface area contributed by atoms with Crippen LogP contribution in [0.2, 0.25) is 0 Å². The second-order valence-corrected chi connectivity index (χ2v) is 11.5. The van der Waals surface area contributed by atoms with Crippen LogP contribution in [0.5, 0.6) is 5.88 Å². The Hall–Kier alpha value is -4.27. The molecule has 2 aliphatic rings. The van der Waals surface area contributed by atoms with Crippen LogP contribution in [0.15, 0.2) is 48.9 Å². The number of aromatic amines is 1. The number of amides is 1. The number of benzene rings is 1. The summed E-state index contributed by atoms with van der Waals surface area (Å²) < 4.78 is 82.8. The summed E-state index contributed by atoms with van der Waals surface area (Å²) in [6, 6.07) is 10.8. The Morgan fingerprint density at radius 2 is 1.73 bits per heavy atom. The van der Waals surface area contributed by atoms with Crippen LogP contribution in [-0.4, -0.2) is 85.8 Å². The lowest BCUT2D eigenvalue weighted by atomic mass is 10.1. The van der Waals surface area contributed by atoms with Gasteiger partial charge in [0, 0.05) is 62.7 Å². The highest BCUT2D eigenvalue weighted by molar-refractivity contribution is 5.81.